The summed E-state index contributed by atoms with van der Waals surface area (Å²) in [4.78, 5) is 32.0. The number of aromatic amines is 1. The molecule has 2 fully saturated rings. The highest BCUT2D eigenvalue weighted by Crippen LogP contribution is 2.41. The van der Waals surface area contributed by atoms with Crippen molar-refractivity contribution in [3.8, 4) is 0 Å². The van der Waals surface area contributed by atoms with Crippen molar-refractivity contribution in [2.45, 2.75) is 50.2 Å². The third kappa shape index (κ3) is 4.70. The van der Waals surface area contributed by atoms with E-state index in [1.54, 1.807) is 7.11 Å². The lowest BCUT2D eigenvalue weighted by Gasteiger charge is -2.39. The van der Waals surface area contributed by atoms with Crippen LogP contribution in [0, 0.1) is 5.92 Å². The van der Waals surface area contributed by atoms with Gasteiger partial charge in [-0.2, -0.15) is 0 Å². The van der Waals surface area contributed by atoms with Crippen molar-refractivity contribution in [3.05, 3.63) is 36.0 Å². The number of amides is 2. The molecule has 0 spiro atoms. The van der Waals surface area contributed by atoms with Crippen molar-refractivity contribution in [3.63, 3.8) is 0 Å². The number of nitrogens with one attached hydrogen (secondary N) is 1. The molecule has 8 nitrogen and oxygen atoms in total. The Morgan fingerprint density at radius 1 is 1.32 bits per heavy atom. The minimum absolute atomic E-state index is 0.0246. The Balaban J connectivity index is 1.65. The topological polar surface area (TPSA) is 112 Å². The monoisotopic (exact) mass is 428 g/mol. The van der Waals surface area contributed by atoms with E-state index >= 15 is 0 Å². The predicted octanol–water partition coefficient (Wildman–Crippen LogP) is 2.95. The van der Waals surface area contributed by atoms with Gasteiger partial charge >= 0.3 is 6.09 Å². The smallest absolute Gasteiger partial charge is 0.407 e. The molecule has 2 aliphatic rings. The Morgan fingerprint density at radius 2 is 2.10 bits per heavy atom. The molecule has 0 bridgehead atoms. The van der Waals surface area contributed by atoms with E-state index in [9.17, 15) is 14.7 Å². The second kappa shape index (κ2) is 9.28. The van der Waals surface area contributed by atoms with Crippen LogP contribution in [0.1, 0.15) is 43.7 Å². The van der Waals surface area contributed by atoms with Crippen LogP contribution in [-0.2, 0) is 9.53 Å². The van der Waals surface area contributed by atoms with Crippen LogP contribution in [0.15, 0.2) is 30.5 Å². The van der Waals surface area contributed by atoms with E-state index in [0.717, 1.165) is 42.1 Å². The number of carbonyl (C=O) groups is 2. The fourth-order valence-electron chi connectivity index (χ4n) is 4.86. The Morgan fingerprint density at radius 3 is 2.81 bits per heavy atom. The van der Waals surface area contributed by atoms with Crippen molar-refractivity contribution >= 4 is 22.9 Å². The zero-order chi connectivity index (χ0) is 22.0. The molecule has 4 N–H and O–H groups in total. The lowest BCUT2D eigenvalue weighted by molar-refractivity contribution is -0.140. The van der Waals surface area contributed by atoms with Crippen molar-refractivity contribution in [2.75, 3.05) is 26.8 Å². The van der Waals surface area contributed by atoms with Crippen LogP contribution in [-0.4, -0.2) is 70.8 Å². The molecule has 2 heterocycles. The maximum absolute atomic E-state index is 13.8. The van der Waals surface area contributed by atoms with Crippen molar-refractivity contribution < 1.29 is 19.4 Å². The number of benzene rings is 1. The molecular formula is C23H32N4O4. The quantitative estimate of drug-likeness (QED) is 0.560. The van der Waals surface area contributed by atoms with Crippen LogP contribution in [0.3, 0.4) is 0 Å². The minimum atomic E-state index is -1.01. The Kier molecular flexibility index (Phi) is 6.48. The first-order chi connectivity index (χ1) is 15.0. The number of carbonyl (C=O) groups excluding carboxylic acids is 1. The van der Waals surface area contributed by atoms with E-state index in [4.69, 9.17) is 10.5 Å². The summed E-state index contributed by atoms with van der Waals surface area (Å²) in [6, 6.07) is 7.94. The van der Waals surface area contributed by atoms with E-state index in [1.807, 2.05) is 29.3 Å². The highest BCUT2D eigenvalue weighted by molar-refractivity contribution is 5.86. The zero-order valence-corrected chi connectivity index (χ0v) is 18.0. The number of hydrogen-bond acceptors (Lipinski definition) is 4. The number of para-hydroxylation sites is 1. The van der Waals surface area contributed by atoms with Gasteiger partial charge in [-0.1, -0.05) is 18.2 Å². The summed E-state index contributed by atoms with van der Waals surface area (Å²) < 4.78 is 5.28. The average molecular weight is 429 g/mol. The molecule has 0 radical (unpaired) electrons. The molecule has 31 heavy (non-hydrogen) atoms. The standard InChI is InChI=1S/C23H32N4O4/c1-31-10-4-7-21(19-12-25-20-6-3-2-5-18(19)20)27(17-8-9-17)22(28)15-11-16(24)14-26(13-15)23(29)30/h2-3,5-6,12,15-17,21,25H,4,7-11,13-14,24H2,1H3,(H,29,30)/t15-,16+,21?/m0/s1. The van der Waals surface area contributed by atoms with Crippen LogP contribution in [0.4, 0.5) is 4.79 Å². The summed E-state index contributed by atoms with van der Waals surface area (Å²) in [5, 5.41) is 10.6. The van der Waals surface area contributed by atoms with Gasteiger partial charge in [0, 0.05) is 56.0 Å². The molecule has 2 aromatic rings. The number of H-pyrrole nitrogens is 1. The molecule has 1 saturated carbocycles. The normalized spacial score (nSPS) is 22.5. The van der Waals surface area contributed by atoms with Crippen molar-refractivity contribution in [1.82, 2.24) is 14.8 Å². The van der Waals surface area contributed by atoms with E-state index in [0.29, 0.717) is 13.0 Å². The zero-order valence-electron chi connectivity index (χ0n) is 18.0. The van der Waals surface area contributed by atoms with Crippen LogP contribution < -0.4 is 5.73 Å². The van der Waals surface area contributed by atoms with Crippen LogP contribution in [0.25, 0.3) is 10.9 Å². The first-order valence-electron chi connectivity index (χ1n) is 11.1. The number of likely N-dealkylation sites (tertiary alicyclic amines) is 1. The molecule has 1 unspecified atom stereocenters. The summed E-state index contributed by atoms with van der Waals surface area (Å²) in [7, 11) is 1.69. The molecule has 3 atom stereocenters. The first-order valence-corrected chi connectivity index (χ1v) is 11.1. The number of nitrogens with two attached hydrogens (primary N) is 1. The third-order valence-electron chi connectivity index (χ3n) is 6.44. The van der Waals surface area contributed by atoms with Gasteiger partial charge < -0.3 is 30.4 Å². The van der Waals surface area contributed by atoms with Crippen molar-refractivity contribution in [2.24, 2.45) is 11.7 Å². The number of hydrogen-bond donors (Lipinski definition) is 3. The minimum Gasteiger partial charge on any atom is -0.465 e. The second-order valence-corrected chi connectivity index (χ2v) is 8.80. The maximum atomic E-state index is 13.8. The molecule has 1 aromatic heterocycles. The molecule has 8 heteroatoms. The number of piperidine rings is 1. The van der Waals surface area contributed by atoms with Crippen LogP contribution >= 0.6 is 0 Å². The number of methoxy groups -OCH3 is 1. The molecule has 1 aliphatic carbocycles. The molecule has 1 aliphatic heterocycles. The second-order valence-electron chi connectivity index (χ2n) is 8.80. The first kappa shape index (κ1) is 21.6. The number of nitrogens with zero attached hydrogens (tertiary/aromatic N) is 2. The van der Waals surface area contributed by atoms with E-state index < -0.39 is 12.0 Å². The highest BCUT2D eigenvalue weighted by atomic mass is 16.5. The molecule has 1 aromatic carbocycles. The van der Waals surface area contributed by atoms with Gasteiger partial charge in [-0.25, -0.2) is 4.79 Å². The number of carboxylic acid groups (broad SMARTS) is 1. The predicted molar refractivity (Wildman–Crippen MR) is 118 cm³/mol. The number of ether oxygens (including phenoxy) is 1. The van der Waals surface area contributed by atoms with Gasteiger partial charge in [-0.3, -0.25) is 4.79 Å². The highest BCUT2D eigenvalue weighted by Gasteiger charge is 2.43. The van der Waals surface area contributed by atoms with Gasteiger partial charge in [0.25, 0.3) is 0 Å². The van der Waals surface area contributed by atoms with Gasteiger partial charge in [0.05, 0.1) is 12.0 Å². The molecule has 168 valence electrons. The van der Waals surface area contributed by atoms with Gasteiger partial charge in [-0.05, 0) is 43.7 Å². The fourth-order valence-corrected chi connectivity index (χ4v) is 4.86. The van der Waals surface area contributed by atoms with E-state index in [2.05, 4.69) is 11.1 Å². The molecule has 2 amide bonds. The lowest BCUT2D eigenvalue weighted by Crippen LogP contribution is -2.54. The maximum Gasteiger partial charge on any atom is 0.407 e. The average Bonchev–Trinajstić information content (AvgIpc) is 3.50. The number of fused-ring (bicyclic) bond motifs is 1. The van der Waals surface area contributed by atoms with E-state index in [-0.39, 0.29) is 37.1 Å². The van der Waals surface area contributed by atoms with Gasteiger partial charge in [0.1, 0.15) is 0 Å². The third-order valence-corrected chi connectivity index (χ3v) is 6.44. The summed E-state index contributed by atoms with van der Waals surface area (Å²) in [5.74, 6) is -0.382. The van der Waals surface area contributed by atoms with E-state index in [1.165, 1.54) is 4.90 Å². The SMILES string of the molecule is COCCCC(c1c[nH]c2ccccc12)N(C(=O)[C@H]1C[C@@H](N)CN(C(=O)O)C1)C1CC1. The summed E-state index contributed by atoms with van der Waals surface area (Å²) in [6.45, 7) is 1.12. The van der Waals surface area contributed by atoms with Crippen LogP contribution in [0.2, 0.25) is 0 Å². The summed E-state index contributed by atoms with van der Waals surface area (Å²) in [5.41, 5.74) is 8.29. The lowest BCUT2D eigenvalue weighted by atomic mass is 9.91. The summed E-state index contributed by atoms with van der Waals surface area (Å²) >= 11 is 0. The Hall–Kier alpha value is -2.58. The fraction of sp³-hybridized carbons (Fsp3) is 0.565. The molecule has 4 rings (SSSR count). The molecular weight excluding hydrogens is 396 g/mol. The number of aromatic nitrogens is 1. The van der Waals surface area contributed by atoms with Gasteiger partial charge in [0.2, 0.25) is 5.91 Å². The van der Waals surface area contributed by atoms with Gasteiger partial charge in [0.15, 0.2) is 0 Å². The number of rotatable bonds is 8. The molecule has 1 saturated heterocycles. The van der Waals surface area contributed by atoms with Gasteiger partial charge in [-0.15, -0.1) is 0 Å². The summed E-state index contributed by atoms with van der Waals surface area (Å²) in [6.07, 6.45) is 5.11. The Labute approximate surface area is 182 Å². The van der Waals surface area contributed by atoms with Crippen molar-refractivity contribution in [1.29, 1.82) is 0 Å². The Bertz CT molecular complexity index is 925. The largest absolute Gasteiger partial charge is 0.465 e. The van der Waals surface area contributed by atoms with Crippen LogP contribution in [0.5, 0.6) is 0 Å².